The summed E-state index contributed by atoms with van der Waals surface area (Å²) in [6, 6.07) is 20.9. The molecule has 0 unspecified atom stereocenters. The van der Waals surface area contributed by atoms with Gasteiger partial charge in [0, 0.05) is 57.7 Å². The molecule has 242 valence electrons. The van der Waals surface area contributed by atoms with E-state index >= 15 is 0 Å². The Bertz CT molecular complexity index is 1930. The van der Waals surface area contributed by atoms with Crippen molar-refractivity contribution in [1.29, 1.82) is 0 Å². The first-order valence-corrected chi connectivity index (χ1v) is 15.2. The number of phenols is 10. The Kier molecular flexibility index (Phi) is 7.97. The smallest absolute Gasteiger partial charge is 0.159 e. The summed E-state index contributed by atoms with van der Waals surface area (Å²) in [4.78, 5) is 0.199. The van der Waals surface area contributed by atoms with Gasteiger partial charge in [-0.3, -0.25) is 0 Å². The third-order valence-electron chi connectivity index (χ3n) is 7.74. The Morgan fingerprint density at radius 3 is 0.750 bits per heavy atom. The number of phenolic OH excluding ortho intramolecular Hbond substituents is 10. The maximum atomic E-state index is 14.5. The second-order valence-corrected chi connectivity index (χ2v) is 12.3. The Morgan fingerprint density at radius 2 is 0.542 bits per heavy atom. The normalized spacial score (nSPS) is 11.2. The van der Waals surface area contributed by atoms with E-state index in [1.165, 1.54) is 97.1 Å². The van der Waals surface area contributed by atoms with Crippen LogP contribution in [0.3, 0.4) is 0 Å². The summed E-state index contributed by atoms with van der Waals surface area (Å²) in [5.74, 6) is -4.24. The van der Waals surface area contributed by atoms with Gasteiger partial charge in [-0.25, -0.2) is 0 Å². The molecule has 0 aromatic heterocycles. The number of hydrogen-bond acceptors (Lipinski definition) is 11. The lowest BCUT2D eigenvalue weighted by atomic mass is 9.96. The van der Waals surface area contributed by atoms with Gasteiger partial charge >= 0.3 is 0 Å². The van der Waals surface area contributed by atoms with Crippen LogP contribution in [0.2, 0.25) is 0 Å². The predicted octanol–water partition coefficient (Wildman–Crippen LogP) is 6.58. The second-order valence-electron chi connectivity index (χ2n) is 10.8. The van der Waals surface area contributed by atoms with Gasteiger partial charge in [0.1, 0.15) is 11.5 Å². The van der Waals surface area contributed by atoms with Crippen molar-refractivity contribution in [3.63, 3.8) is 0 Å². The molecule has 0 aliphatic rings. The fourth-order valence-corrected chi connectivity index (χ4v) is 6.38. The first-order valence-electron chi connectivity index (χ1n) is 14.1. The van der Waals surface area contributed by atoms with Crippen molar-refractivity contribution in [2.45, 2.75) is 9.79 Å². The van der Waals surface area contributed by atoms with Crippen molar-refractivity contribution in [1.82, 2.24) is 0 Å². The molecule has 0 saturated carbocycles. The highest BCUT2D eigenvalue weighted by molar-refractivity contribution is 7.91. The van der Waals surface area contributed by atoms with Gasteiger partial charge in [-0.2, -0.15) is 0 Å². The van der Waals surface area contributed by atoms with Crippen molar-refractivity contribution in [2.75, 3.05) is 0 Å². The van der Waals surface area contributed by atoms with E-state index in [-0.39, 0.29) is 65.8 Å². The van der Waals surface area contributed by atoms with Crippen LogP contribution < -0.4 is 0 Å². The minimum atomic E-state index is -2.11. The molecule has 0 fully saturated rings. The van der Waals surface area contributed by atoms with Crippen molar-refractivity contribution < 1.29 is 55.6 Å². The molecule has 6 aromatic carbocycles. The highest BCUT2D eigenvalue weighted by atomic mass is 32.2. The molecule has 0 saturated heterocycles. The lowest BCUT2D eigenvalue weighted by Gasteiger charge is -2.19. The van der Waals surface area contributed by atoms with E-state index in [0.29, 0.717) is 0 Å². The monoisotopic (exact) mass is 666 g/mol. The third-order valence-corrected chi connectivity index (χ3v) is 9.07. The molecule has 0 aliphatic heterocycles. The Morgan fingerprint density at radius 1 is 0.312 bits per heavy atom. The van der Waals surface area contributed by atoms with Crippen LogP contribution >= 0.6 is 0 Å². The lowest BCUT2D eigenvalue weighted by molar-refractivity contribution is 0.404. The molecule has 10 N–H and O–H groups in total. The van der Waals surface area contributed by atoms with Crippen molar-refractivity contribution >= 4 is 11.2 Å². The minimum absolute atomic E-state index is 0.0878. The first-order chi connectivity index (χ1) is 22.8. The molecule has 0 spiro atoms. The lowest BCUT2D eigenvalue weighted by Crippen LogP contribution is -2.04. The van der Waals surface area contributed by atoms with Gasteiger partial charge in [0.25, 0.3) is 0 Å². The summed E-state index contributed by atoms with van der Waals surface area (Å²) in [6.45, 7) is 0. The average molecular weight is 667 g/mol. The van der Waals surface area contributed by atoms with Crippen LogP contribution in [-0.4, -0.2) is 55.6 Å². The van der Waals surface area contributed by atoms with Crippen LogP contribution in [0, 0.1) is 0 Å². The van der Waals surface area contributed by atoms with Crippen molar-refractivity contribution in [2.24, 2.45) is 0 Å². The van der Waals surface area contributed by atoms with Crippen LogP contribution in [0.5, 0.6) is 57.5 Å². The number of aromatic hydroxyl groups is 10. The van der Waals surface area contributed by atoms with Gasteiger partial charge in [0.15, 0.2) is 55.8 Å². The Hall–Kier alpha value is -6.37. The van der Waals surface area contributed by atoms with Gasteiger partial charge in [0.2, 0.25) is 0 Å². The molecule has 0 aliphatic carbocycles. The number of rotatable bonds is 6. The highest BCUT2D eigenvalue weighted by Crippen LogP contribution is 2.47. The summed E-state index contributed by atoms with van der Waals surface area (Å²) >= 11 is -2.11. The topological polar surface area (TPSA) is 225 Å². The van der Waals surface area contributed by atoms with E-state index in [4.69, 9.17) is 0 Å². The molecule has 0 amide bonds. The summed E-state index contributed by atoms with van der Waals surface area (Å²) in [5.41, 5.74) is 1.29. The van der Waals surface area contributed by atoms with Gasteiger partial charge < -0.3 is 55.6 Å². The molecule has 0 heterocycles. The first kappa shape index (κ1) is 31.6. The largest absolute Gasteiger partial charge is 0.606 e. The van der Waals surface area contributed by atoms with Gasteiger partial charge in [-0.15, -0.1) is 0 Å². The maximum Gasteiger partial charge on any atom is 0.159 e. The zero-order chi connectivity index (χ0) is 34.4. The predicted molar refractivity (Wildman–Crippen MR) is 176 cm³/mol. The van der Waals surface area contributed by atoms with Gasteiger partial charge in [0.05, 0.1) is 0 Å². The molecular formula is C36H26O11S. The summed E-state index contributed by atoms with van der Waals surface area (Å²) in [5, 5.41) is 103. The quantitative estimate of drug-likeness (QED) is 0.0675. The molecule has 6 aromatic rings. The average Bonchev–Trinajstić information content (AvgIpc) is 3.06. The van der Waals surface area contributed by atoms with E-state index < -0.39 is 57.2 Å². The van der Waals surface area contributed by atoms with E-state index in [1.54, 1.807) is 0 Å². The van der Waals surface area contributed by atoms with Gasteiger partial charge in [-0.05, 0) is 70.8 Å². The number of benzene rings is 6. The van der Waals surface area contributed by atoms with E-state index in [1.807, 2.05) is 0 Å². The zero-order valence-corrected chi connectivity index (χ0v) is 25.3. The maximum absolute atomic E-state index is 14.5. The molecule has 11 nitrogen and oxygen atoms in total. The number of hydrogen-bond donors (Lipinski definition) is 10. The zero-order valence-electron chi connectivity index (χ0n) is 24.5. The standard InChI is InChI=1S/C36H26O11S/c37-27-5-1-17(9-31(27)41)23-13-21(14-24(35(23)45)18-2-6-28(38)32(42)10-18)48(47)22-15-25(19-3-7-29(39)33(43)11-19)36(46)26(16-22)20-4-8-30(40)34(44)12-20/h1-16,37-46H. The molecule has 0 radical (unpaired) electrons. The van der Waals surface area contributed by atoms with Crippen LogP contribution in [0.1, 0.15) is 0 Å². The molecule has 6 rings (SSSR count). The SMILES string of the molecule is [O-][S+](c1cc(-c2ccc(O)c(O)c2)c(O)c(-c2ccc(O)c(O)c2)c1)c1cc(-c2ccc(O)c(O)c2)c(O)c(-c2ccc(O)c(O)c2)c1. The third kappa shape index (κ3) is 5.73. The van der Waals surface area contributed by atoms with Gasteiger partial charge in [-0.1, -0.05) is 24.3 Å². The second kappa shape index (κ2) is 12.1. The summed E-state index contributed by atoms with van der Waals surface area (Å²) in [6.07, 6.45) is 0. The van der Waals surface area contributed by atoms with Crippen LogP contribution in [0.15, 0.2) is 107 Å². The van der Waals surface area contributed by atoms with E-state index in [9.17, 15) is 55.6 Å². The van der Waals surface area contributed by atoms with Crippen molar-refractivity contribution in [3.05, 3.63) is 97.1 Å². The van der Waals surface area contributed by atoms with Crippen LogP contribution in [0.4, 0.5) is 0 Å². The van der Waals surface area contributed by atoms with Crippen LogP contribution in [-0.2, 0) is 11.2 Å². The molecule has 12 heteroatoms. The fourth-order valence-electron chi connectivity index (χ4n) is 5.21. The summed E-state index contributed by atoms with van der Waals surface area (Å²) in [7, 11) is 0. The Labute approximate surface area is 275 Å². The molecule has 0 atom stereocenters. The van der Waals surface area contributed by atoms with E-state index in [2.05, 4.69) is 0 Å². The molecular weight excluding hydrogens is 640 g/mol. The van der Waals surface area contributed by atoms with E-state index in [0.717, 1.165) is 0 Å². The molecule has 48 heavy (non-hydrogen) atoms. The Balaban J connectivity index is 1.60. The minimum Gasteiger partial charge on any atom is -0.606 e. The summed E-state index contributed by atoms with van der Waals surface area (Å²) < 4.78 is 14.5. The molecule has 0 bridgehead atoms. The highest BCUT2D eigenvalue weighted by Gasteiger charge is 2.26. The van der Waals surface area contributed by atoms with Crippen molar-refractivity contribution in [3.8, 4) is 102 Å². The van der Waals surface area contributed by atoms with Crippen LogP contribution in [0.25, 0.3) is 44.5 Å². The fraction of sp³-hybridized carbons (Fsp3) is 0.